The predicted octanol–water partition coefficient (Wildman–Crippen LogP) is 3.33. The normalized spacial score (nSPS) is 12.1. The van der Waals surface area contributed by atoms with Gasteiger partial charge in [0.2, 0.25) is 0 Å². The van der Waals surface area contributed by atoms with Crippen LogP contribution in [-0.4, -0.2) is 24.1 Å². The van der Waals surface area contributed by atoms with Crippen LogP contribution in [-0.2, 0) is 16.0 Å². The summed E-state index contributed by atoms with van der Waals surface area (Å²) in [6, 6.07) is 15.2. The molecule has 1 aromatic heterocycles. The molecule has 118 valence electrons. The molecule has 0 aliphatic carbocycles. The molecule has 3 rings (SSSR count). The van der Waals surface area contributed by atoms with Crippen molar-refractivity contribution in [3.05, 3.63) is 59.7 Å². The first-order valence-corrected chi connectivity index (χ1v) is 7.41. The van der Waals surface area contributed by atoms with E-state index in [1.165, 1.54) is 7.11 Å². The van der Waals surface area contributed by atoms with Crippen LogP contribution in [0.15, 0.2) is 52.9 Å². The number of nitrogens with one attached hydrogen (secondary N) is 1. The monoisotopic (exact) mass is 310 g/mol. The molecular formula is C18H18N2O3. The Morgan fingerprint density at radius 1 is 1.26 bits per heavy atom. The van der Waals surface area contributed by atoms with Crippen molar-refractivity contribution in [1.29, 1.82) is 0 Å². The van der Waals surface area contributed by atoms with E-state index in [-0.39, 0.29) is 5.97 Å². The highest BCUT2D eigenvalue weighted by molar-refractivity contribution is 5.80. The van der Waals surface area contributed by atoms with Gasteiger partial charge in [-0.2, -0.15) is 4.98 Å². The highest BCUT2D eigenvalue weighted by atomic mass is 16.5. The molecule has 5 heteroatoms. The zero-order valence-electron chi connectivity index (χ0n) is 13.1. The van der Waals surface area contributed by atoms with Crippen LogP contribution in [0.4, 0.5) is 6.01 Å². The van der Waals surface area contributed by atoms with Crippen molar-refractivity contribution >= 4 is 23.1 Å². The summed E-state index contributed by atoms with van der Waals surface area (Å²) in [5.41, 5.74) is 3.61. The Labute approximate surface area is 134 Å². The second-order valence-electron chi connectivity index (χ2n) is 5.40. The quantitative estimate of drug-likeness (QED) is 0.732. The van der Waals surface area contributed by atoms with Crippen LogP contribution < -0.4 is 5.32 Å². The molecular weight excluding hydrogens is 292 g/mol. The summed E-state index contributed by atoms with van der Waals surface area (Å²) in [4.78, 5) is 16.4. The van der Waals surface area contributed by atoms with Gasteiger partial charge in [0, 0.05) is 6.42 Å². The van der Waals surface area contributed by atoms with Crippen LogP contribution in [0.25, 0.3) is 11.1 Å². The number of para-hydroxylation sites is 2. The molecule has 0 bridgehead atoms. The van der Waals surface area contributed by atoms with Gasteiger partial charge in [0.1, 0.15) is 11.6 Å². The van der Waals surface area contributed by atoms with Crippen LogP contribution in [0, 0.1) is 6.92 Å². The number of nitrogens with zero attached hydrogens (tertiary/aromatic N) is 1. The van der Waals surface area contributed by atoms with E-state index in [0.717, 1.165) is 16.6 Å². The summed E-state index contributed by atoms with van der Waals surface area (Å²) >= 11 is 0. The van der Waals surface area contributed by atoms with Crippen molar-refractivity contribution in [3.8, 4) is 0 Å². The summed E-state index contributed by atoms with van der Waals surface area (Å²) in [5, 5.41) is 3.03. The van der Waals surface area contributed by atoms with Crippen LogP contribution in [0.3, 0.4) is 0 Å². The summed E-state index contributed by atoms with van der Waals surface area (Å²) in [6.45, 7) is 2.02. The van der Waals surface area contributed by atoms with Crippen molar-refractivity contribution in [2.24, 2.45) is 0 Å². The topological polar surface area (TPSA) is 64.4 Å². The van der Waals surface area contributed by atoms with Gasteiger partial charge in [-0.15, -0.1) is 0 Å². The number of benzene rings is 2. The molecule has 0 saturated heterocycles. The second kappa shape index (κ2) is 6.52. The lowest BCUT2D eigenvalue weighted by Gasteiger charge is -2.15. The molecule has 1 N–H and O–H groups in total. The van der Waals surface area contributed by atoms with E-state index in [4.69, 9.17) is 9.15 Å². The van der Waals surface area contributed by atoms with Crippen molar-refractivity contribution in [3.63, 3.8) is 0 Å². The van der Waals surface area contributed by atoms with Gasteiger partial charge in [0.05, 0.1) is 7.11 Å². The standard InChI is InChI=1S/C18H18N2O3/c1-12-6-5-7-13(10-12)11-15(17(21)22-2)20-18-19-14-8-3-4-9-16(14)23-18/h3-10,15H,11H2,1-2H3,(H,19,20)/t15-/m0/s1. The number of carbonyl (C=O) groups excluding carboxylic acids is 1. The van der Waals surface area contributed by atoms with Gasteiger partial charge >= 0.3 is 5.97 Å². The zero-order chi connectivity index (χ0) is 16.2. The minimum absolute atomic E-state index is 0.314. The number of carbonyl (C=O) groups is 1. The number of rotatable bonds is 5. The number of anilines is 1. The van der Waals surface area contributed by atoms with Gasteiger partial charge in [-0.05, 0) is 24.6 Å². The minimum Gasteiger partial charge on any atom is -0.467 e. The van der Waals surface area contributed by atoms with Gasteiger partial charge in [-0.3, -0.25) is 0 Å². The van der Waals surface area contributed by atoms with E-state index in [0.29, 0.717) is 18.0 Å². The molecule has 0 aliphatic rings. The summed E-state index contributed by atoms with van der Waals surface area (Å²) < 4.78 is 10.5. The first-order valence-electron chi connectivity index (χ1n) is 7.41. The first kappa shape index (κ1) is 15.1. The fourth-order valence-electron chi connectivity index (χ4n) is 2.49. The second-order valence-corrected chi connectivity index (χ2v) is 5.40. The zero-order valence-corrected chi connectivity index (χ0v) is 13.1. The molecule has 23 heavy (non-hydrogen) atoms. The summed E-state index contributed by atoms with van der Waals surface area (Å²) in [6.07, 6.45) is 0.493. The molecule has 2 aromatic carbocycles. The number of hydrogen-bond donors (Lipinski definition) is 1. The number of hydrogen-bond acceptors (Lipinski definition) is 5. The molecule has 5 nitrogen and oxygen atoms in total. The Balaban J connectivity index is 1.82. The number of fused-ring (bicyclic) bond motifs is 1. The first-order chi connectivity index (χ1) is 11.2. The van der Waals surface area contributed by atoms with Crippen molar-refractivity contribution in [2.75, 3.05) is 12.4 Å². The van der Waals surface area contributed by atoms with E-state index in [1.807, 2.05) is 55.5 Å². The molecule has 0 radical (unpaired) electrons. The summed E-state index contributed by atoms with van der Waals surface area (Å²) in [5.74, 6) is -0.353. The fraction of sp³-hybridized carbons (Fsp3) is 0.222. The number of oxazole rings is 1. The lowest BCUT2D eigenvalue weighted by molar-refractivity contribution is -0.141. The van der Waals surface area contributed by atoms with Gasteiger partial charge in [0.15, 0.2) is 5.58 Å². The van der Waals surface area contributed by atoms with Gasteiger partial charge < -0.3 is 14.5 Å². The van der Waals surface area contributed by atoms with Crippen LogP contribution in [0.1, 0.15) is 11.1 Å². The molecule has 1 atom stereocenters. The lowest BCUT2D eigenvalue weighted by Crippen LogP contribution is -2.33. The van der Waals surface area contributed by atoms with E-state index in [9.17, 15) is 4.79 Å². The number of esters is 1. The van der Waals surface area contributed by atoms with Crippen LogP contribution >= 0.6 is 0 Å². The molecule has 1 heterocycles. The Bertz CT molecular complexity index is 793. The van der Waals surface area contributed by atoms with Gasteiger partial charge in [-0.1, -0.05) is 42.0 Å². The average molecular weight is 310 g/mol. The van der Waals surface area contributed by atoms with Crippen LogP contribution in [0.2, 0.25) is 0 Å². The Hall–Kier alpha value is -2.82. The van der Waals surface area contributed by atoms with E-state index < -0.39 is 6.04 Å². The summed E-state index contributed by atoms with van der Waals surface area (Å²) in [7, 11) is 1.37. The van der Waals surface area contributed by atoms with Crippen molar-refractivity contribution in [2.45, 2.75) is 19.4 Å². The smallest absolute Gasteiger partial charge is 0.328 e. The van der Waals surface area contributed by atoms with Crippen molar-refractivity contribution in [1.82, 2.24) is 4.98 Å². The molecule has 0 fully saturated rings. The Morgan fingerprint density at radius 2 is 2.09 bits per heavy atom. The third-order valence-corrected chi connectivity index (χ3v) is 3.60. The maximum atomic E-state index is 12.1. The number of ether oxygens (including phenoxy) is 1. The van der Waals surface area contributed by atoms with E-state index >= 15 is 0 Å². The SMILES string of the molecule is COC(=O)[C@H](Cc1cccc(C)c1)Nc1nc2ccccc2o1. The molecule has 3 aromatic rings. The predicted molar refractivity (Wildman–Crippen MR) is 88.3 cm³/mol. The third-order valence-electron chi connectivity index (χ3n) is 3.60. The van der Waals surface area contributed by atoms with Crippen molar-refractivity contribution < 1.29 is 13.9 Å². The number of aryl methyl sites for hydroxylation is 1. The maximum absolute atomic E-state index is 12.1. The molecule has 0 amide bonds. The number of methoxy groups -OCH3 is 1. The largest absolute Gasteiger partial charge is 0.467 e. The van der Waals surface area contributed by atoms with Crippen LogP contribution in [0.5, 0.6) is 0 Å². The van der Waals surface area contributed by atoms with E-state index in [1.54, 1.807) is 0 Å². The number of aromatic nitrogens is 1. The highest BCUT2D eigenvalue weighted by Crippen LogP contribution is 2.20. The average Bonchev–Trinajstić information content (AvgIpc) is 2.96. The highest BCUT2D eigenvalue weighted by Gasteiger charge is 2.22. The lowest BCUT2D eigenvalue weighted by atomic mass is 10.0. The molecule has 0 saturated carbocycles. The third kappa shape index (κ3) is 3.51. The molecule has 0 aliphatic heterocycles. The van der Waals surface area contributed by atoms with Gasteiger partial charge in [-0.25, -0.2) is 4.79 Å². The molecule has 0 spiro atoms. The fourth-order valence-corrected chi connectivity index (χ4v) is 2.49. The molecule has 0 unspecified atom stereocenters. The Kier molecular flexibility index (Phi) is 4.28. The Morgan fingerprint density at radius 3 is 2.83 bits per heavy atom. The maximum Gasteiger partial charge on any atom is 0.328 e. The van der Waals surface area contributed by atoms with Gasteiger partial charge in [0.25, 0.3) is 6.01 Å². The van der Waals surface area contributed by atoms with E-state index in [2.05, 4.69) is 10.3 Å². The minimum atomic E-state index is -0.560.